The minimum absolute atomic E-state index is 0.123. The van der Waals surface area contributed by atoms with Gasteiger partial charge in [0.05, 0.1) is 23.4 Å². The number of fused-ring (bicyclic) bond motifs is 2. The van der Waals surface area contributed by atoms with Gasteiger partial charge in [0.15, 0.2) is 0 Å². The van der Waals surface area contributed by atoms with Crippen molar-refractivity contribution in [1.29, 1.82) is 0 Å². The summed E-state index contributed by atoms with van der Waals surface area (Å²) in [5.74, 6) is -0.123. The zero-order valence-electron chi connectivity index (χ0n) is 15.8. The third kappa shape index (κ3) is 3.04. The van der Waals surface area contributed by atoms with Crippen molar-refractivity contribution in [2.75, 3.05) is 5.32 Å². The van der Waals surface area contributed by atoms with E-state index < -0.39 is 6.17 Å². The van der Waals surface area contributed by atoms with Gasteiger partial charge in [0, 0.05) is 5.69 Å². The Hall–Kier alpha value is -3.31. The molecule has 1 aliphatic heterocycles. The highest BCUT2D eigenvalue weighted by Gasteiger charge is 2.29. The van der Waals surface area contributed by atoms with Crippen molar-refractivity contribution in [3.8, 4) is 0 Å². The molecule has 1 aromatic heterocycles. The predicted octanol–water partition coefficient (Wildman–Crippen LogP) is 4.90. The summed E-state index contributed by atoms with van der Waals surface area (Å²) >= 11 is 6.75. The van der Waals surface area contributed by atoms with Crippen LogP contribution in [0.5, 0.6) is 0 Å². The van der Waals surface area contributed by atoms with Gasteiger partial charge in [0.1, 0.15) is 11.3 Å². The number of halogens is 1. The van der Waals surface area contributed by atoms with Gasteiger partial charge < -0.3 is 10.6 Å². The first kappa shape index (κ1) is 17.8. The third-order valence-electron chi connectivity index (χ3n) is 5.35. The van der Waals surface area contributed by atoms with Gasteiger partial charge in [-0.15, -0.1) is 0 Å². The molecule has 0 spiro atoms. The van der Waals surface area contributed by atoms with Crippen molar-refractivity contribution in [3.63, 3.8) is 0 Å². The van der Waals surface area contributed by atoms with E-state index in [1.807, 2.05) is 43.3 Å². The average molecular weight is 403 g/mol. The maximum atomic E-state index is 12.5. The fourth-order valence-electron chi connectivity index (χ4n) is 3.94. The fraction of sp³-hybridized carbons (Fsp3) is 0.130. The van der Waals surface area contributed by atoms with Crippen molar-refractivity contribution in [2.24, 2.45) is 0 Å². The Bertz CT molecular complexity index is 1240. The molecule has 1 aliphatic rings. The molecule has 0 aliphatic carbocycles. The van der Waals surface area contributed by atoms with E-state index in [-0.39, 0.29) is 5.91 Å². The molecule has 5 nitrogen and oxygen atoms in total. The molecule has 2 N–H and O–H groups in total. The monoisotopic (exact) mass is 402 g/mol. The van der Waals surface area contributed by atoms with Crippen molar-refractivity contribution in [1.82, 2.24) is 15.1 Å². The van der Waals surface area contributed by atoms with Gasteiger partial charge in [-0.05, 0) is 35.4 Å². The molecule has 2 heterocycles. The molecule has 1 atom stereocenters. The summed E-state index contributed by atoms with van der Waals surface area (Å²) < 4.78 is 1.79. The molecule has 0 radical (unpaired) electrons. The van der Waals surface area contributed by atoms with E-state index in [1.165, 1.54) is 10.8 Å². The van der Waals surface area contributed by atoms with Gasteiger partial charge in [-0.25, -0.2) is 4.68 Å². The number of carbonyl (C=O) groups is 1. The molecule has 144 valence electrons. The van der Waals surface area contributed by atoms with E-state index in [0.29, 0.717) is 17.3 Å². The standard InChI is InChI=1S/C23H19ClN4O/c1-14-20(22-25-19-12-5-4-11-18(19)23(29)26-22)21(24)28(27-14)13-16-9-6-8-15-7-2-3-10-17(15)16/h2-12,22,25H,13H2,1H3,(H,26,29). The van der Waals surface area contributed by atoms with Gasteiger partial charge in [-0.3, -0.25) is 4.79 Å². The molecule has 1 unspecified atom stereocenters. The number of hydrogen-bond acceptors (Lipinski definition) is 3. The van der Waals surface area contributed by atoms with Gasteiger partial charge in [0.25, 0.3) is 5.91 Å². The average Bonchev–Trinajstić information content (AvgIpc) is 3.01. The van der Waals surface area contributed by atoms with Crippen molar-refractivity contribution < 1.29 is 4.79 Å². The second kappa shape index (κ2) is 6.94. The van der Waals surface area contributed by atoms with Crippen molar-refractivity contribution in [3.05, 3.63) is 94.3 Å². The Morgan fingerprint density at radius 2 is 1.76 bits per heavy atom. The molecule has 6 heteroatoms. The number of rotatable bonds is 3. The number of aryl methyl sites for hydroxylation is 1. The summed E-state index contributed by atoms with van der Waals surface area (Å²) in [4.78, 5) is 12.5. The molecule has 3 aromatic carbocycles. The van der Waals surface area contributed by atoms with Crippen LogP contribution in [0.4, 0.5) is 5.69 Å². The molecular weight excluding hydrogens is 384 g/mol. The topological polar surface area (TPSA) is 59.0 Å². The molecule has 0 saturated carbocycles. The van der Waals surface area contributed by atoms with Crippen LogP contribution in [0.3, 0.4) is 0 Å². The number of aromatic nitrogens is 2. The number of anilines is 1. The molecular formula is C23H19ClN4O. The van der Waals surface area contributed by atoms with Gasteiger partial charge >= 0.3 is 0 Å². The maximum Gasteiger partial charge on any atom is 0.255 e. The first-order chi connectivity index (χ1) is 14.1. The highest BCUT2D eigenvalue weighted by molar-refractivity contribution is 6.30. The van der Waals surface area contributed by atoms with E-state index >= 15 is 0 Å². The molecule has 0 fully saturated rings. The lowest BCUT2D eigenvalue weighted by atomic mass is 10.0. The van der Waals surface area contributed by atoms with E-state index in [2.05, 4.69) is 40.0 Å². The van der Waals surface area contributed by atoms with E-state index in [4.69, 9.17) is 11.6 Å². The number of carbonyl (C=O) groups excluding carboxylic acids is 1. The van der Waals surface area contributed by atoms with Crippen LogP contribution < -0.4 is 10.6 Å². The lowest BCUT2D eigenvalue weighted by Gasteiger charge is -2.27. The first-order valence-electron chi connectivity index (χ1n) is 9.47. The summed E-state index contributed by atoms with van der Waals surface area (Å²) in [5.41, 5.74) is 4.13. The summed E-state index contributed by atoms with van der Waals surface area (Å²) in [6.45, 7) is 2.47. The van der Waals surface area contributed by atoms with Gasteiger partial charge in [0.2, 0.25) is 0 Å². The molecule has 0 saturated heterocycles. The number of para-hydroxylation sites is 1. The van der Waals surface area contributed by atoms with Crippen LogP contribution >= 0.6 is 11.6 Å². The van der Waals surface area contributed by atoms with Crippen LogP contribution in [0.15, 0.2) is 66.7 Å². The number of nitrogens with zero attached hydrogens (tertiary/aromatic N) is 2. The second-order valence-electron chi connectivity index (χ2n) is 7.18. The zero-order valence-corrected chi connectivity index (χ0v) is 16.6. The first-order valence-corrected chi connectivity index (χ1v) is 9.85. The van der Waals surface area contributed by atoms with Crippen LogP contribution in [-0.2, 0) is 6.54 Å². The predicted molar refractivity (Wildman–Crippen MR) is 115 cm³/mol. The second-order valence-corrected chi connectivity index (χ2v) is 7.54. The van der Waals surface area contributed by atoms with Crippen LogP contribution in [0.25, 0.3) is 10.8 Å². The quantitative estimate of drug-likeness (QED) is 0.512. The molecule has 29 heavy (non-hydrogen) atoms. The van der Waals surface area contributed by atoms with E-state index in [0.717, 1.165) is 22.5 Å². The number of amides is 1. The Morgan fingerprint density at radius 3 is 2.66 bits per heavy atom. The largest absolute Gasteiger partial charge is 0.361 e. The summed E-state index contributed by atoms with van der Waals surface area (Å²) in [7, 11) is 0. The Labute approximate surface area is 173 Å². The van der Waals surface area contributed by atoms with Crippen LogP contribution in [0, 0.1) is 6.92 Å². The Kier molecular flexibility index (Phi) is 4.25. The normalized spacial score (nSPS) is 15.7. The van der Waals surface area contributed by atoms with Gasteiger partial charge in [-0.1, -0.05) is 66.2 Å². The number of hydrogen-bond donors (Lipinski definition) is 2. The fourth-order valence-corrected chi connectivity index (χ4v) is 4.29. The van der Waals surface area contributed by atoms with Crippen molar-refractivity contribution in [2.45, 2.75) is 19.6 Å². The third-order valence-corrected chi connectivity index (χ3v) is 5.74. The van der Waals surface area contributed by atoms with E-state index in [1.54, 1.807) is 10.7 Å². The highest BCUT2D eigenvalue weighted by Crippen LogP contribution is 2.32. The summed E-state index contributed by atoms with van der Waals surface area (Å²) in [6, 6.07) is 21.9. The smallest absolute Gasteiger partial charge is 0.255 e. The molecule has 0 bridgehead atoms. The molecule has 4 aromatic rings. The maximum absolute atomic E-state index is 12.5. The SMILES string of the molecule is Cc1nn(Cc2cccc3ccccc23)c(Cl)c1C1NC(=O)c2ccccc2N1. The lowest BCUT2D eigenvalue weighted by molar-refractivity contribution is 0.0935. The lowest BCUT2D eigenvalue weighted by Crippen LogP contribution is -2.38. The molecule has 1 amide bonds. The Morgan fingerprint density at radius 1 is 1.00 bits per heavy atom. The number of benzene rings is 3. The minimum atomic E-state index is -0.425. The molecule has 5 rings (SSSR count). The van der Waals surface area contributed by atoms with Crippen LogP contribution in [0.2, 0.25) is 5.15 Å². The van der Waals surface area contributed by atoms with Crippen LogP contribution in [-0.4, -0.2) is 15.7 Å². The highest BCUT2D eigenvalue weighted by atomic mass is 35.5. The summed E-state index contributed by atoms with van der Waals surface area (Å²) in [6.07, 6.45) is -0.425. The van der Waals surface area contributed by atoms with Crippen molar-refractivity contribution >= 4 is 34.0 Å². The van der Waals surface area contributed by atoms with Crippen LogP contribution in [0.1, 0.15) is 33.3 Å². The zero-order chi connectivity index (χ0) is 20.0. The summed E-state index contributed by atoms with van der Waals surface area (Å²) in [5, 5.41) is 13.9. The van der Waals surface area contributed by atoms with Gasteiger partial charge in [-0.2, -0.15) is 5.10 Å². The van der Waals surface area contributed by atoms with E-state index in [9.17, 15) is 4.79 Å². The number of nitrogens with one attached hydrogen (secondary N) is 2. The minimum Gasteiger partial charge on any atom is -0.361 e. The Balaban J connectivity index is 1.51.